The Hall–Kier alpha value is -1.26. The van der Waals surface area contributed by atoms with Crippen LogP contribution in [0.1, 0.15) is 47.1 Å². The second kappa shape index (κ2) is 9.70. The summed E-state index contributed by atoms with van der Waals surface area (Å²) in [5.41, 5.74) is 2.35. The third-order valence-electron chi connectivity index (χ3n) is 3.96. The van der Waals surface area contributed by atoms with Crippen molar-refractivity contribution in [3.05, 3.63) is 41.5 Å². The maximum atomic E-state index is 6.52. The molecule has 1 aromatic carbocycles. The van der Waals surface area contributed by atoms with Crippen LogP contribution in [0.2, 0.25) is 0 Å². The summed E-state index contributed by atoms with van der Waals surface area (Å²) in [7, 11) is -0.0184. The third-order valence-corrected chi connectivity index (χ3v) is 3.96. The summed E-state index contributed by atoms with van der Waals surface area (Å²) in [4.78, 5) is 4.72. The molecule has 0 saturated heterocycles. The van der Waals surface area contributed by atoms with Crippen LogP contribution in [0.5, 0.6) is 0 Å². The van der Waals surface area contributed by atoms with Crippen LogP contribution < -0.4 is 0 Å². The minimum Gasteiger partial charge on any atom is -0.532 e. The average Bonchev–Trinajstić information content (AvgIpc) is 2.54. The van der Waals surface area contributed by atoms with Crippen LogP contribution in [-0.4, -0.2) is 43.0 Å². The first kappa shape index (κ1) is 18.8. The van der Waals surface area contributed by atoms with Gasteiger partial charge in [0, 0.05) is 5.56 Å². The van der Waals surface area contributed by atoms with Crippen molar-refractivity contribution in [3.63, 3.8) is 0 Å². The highest BCUT2D eigenvalue weighted by Crippen LogP contribution is 2.22. The standard InChI is InChI=1S/C18H31BN2O/c1-7-20(8-2)19(21(9-3)10-4)22-18(16(5)6)17-14-12-11-13-15-17/h11-15H,7-10H2,1-6H3. The van der Waals surface area contributed by atoms with Gasteiger partial charge in [-0.15, -0.1) is 0 Å². The Balaban J connectivity index is 3.12. The first-order valence-corrected chi connectivity index (χ1v) is 8.46. The highest BCUT2D eigenvalue weighted by Gasteiger charge is 2.33. The summed E-state index contributed by atoms with van der Waals surface area (Å²) in [6, 6.07) is 10.4. The first-order chi connectivity index (χ1) is 10.6. The number of nitrogens with zero attached hydrogens (tertiary/aromatic N) is 2. The SMILES string of the molecule is CCN(CC)B(OC(=C(C)C)c1ccccc1)N(CC)CC. The van der Waals surface area contributed by atoms with Crippen molar-refractivity contribution in [2.45, 2.75) is 41.5 Å². The van der Waals surface area contributed by atoms with E-state index in [1.54, 1.807) is 0 Å². The lowest BCUT2D eigenvalue weighted by Crippen LogP contribution is -2.54. The van der Waals surface area contributed by atoms with Crippen molar-refractivity contribution in [3.8, 4) is 0 Å². The van der Waals surface area contributed by atoms with Gasteiger partial charge in [-0.25, -0.2) is 0 Å². The lowest BCUT2D eigenvalue weighted by Gasteiger charge is -2.34. The van der Waals surface area contributed by atoms with Crippen molar-refractivity contribution in [2.75, 3.05) is 26.2 Å². The van der Waals surface area contributed by atoms with E-state index in [4.69, 9.17) is 4.65 Å². The molecule has 0 aliphatic carbocycles. The lowest BCUT2D eigenvalue weighted by atomic mass is 9.91. The number of rotatable bonds is 9. The molecule has 4 heteroatoms. The molecule has 0 radical (unpaired) electrons. The number of hydrogen-bond acceptors (Lipinski definition) is 3. The van der Waals surface area contributed by atoms with Crippen molar-refractivity contribution in [1.29, 1.82) is 0 Å². The predicted octanol–water partition coefficient (Wildman–Crippen LogP) is 4.12. The van der Waals surface area contributed by atoms with E-state index in [9.17, 15) is 0 Å². The molecular formula is C18H31BN2O. The molecule has 3 nitrogen and oxygen atoms in total. The molecule has 0 unspecified atom stereocenters. The summed E-state index contributed by atoms with van der Waals surface area (Å²) < 4.78 is 6.52. The maximum Gasteiger partial charge on any atom is 0.548 e. The van der Waals surface area contributed by atoms with Gasteiger partial charge in [0.2, 0.25) is 0 Å². The van der Waals surface area contributed by atoms with Gasteiger partial charge >= 0.3 is 7.19 Å². The first-order valence-electron chi connectivity index (χ1n) is 8.46. The summed E-state index contributed by atoms with van der Waals surface area (Å²) in [6.07, 6.45) is 0. The van der Waals surface area contributed by atoms with Crippen LogP contribution >= 0.6 is 0 Å². The summed E-state index contributed by atoms with van der Waals surface area (Å²) in [6.45, 7) is 16.9. The average molecular weight is 302 g/mol. The molecule has 0 saturated carbocycles. The van der Waals surface area contributed by atoms with Crippen LogP contribution in [0, 0.1) is 0 Å². The molecule has 0 aromatic heterocycles. The Kier molecular flexibility index (Phi) is 8.29. The van der Waals surface area contributed by atoms with Crippen LogP contribution in [0.3, 0.4) is 0 Å². The maximum absolute atomic E-state index is 6.52. The number of hydrogen-bond donors (Lipinski definition) is 0. The molecule has 0 N–H and O–H groups in total. The van der Waals surface area contributed by atoms with E-state index in [0.717, 1.165) is 37.5 Å². The largest absolute Gasteiger partial charge is 0.548 e. The van der Waals surface area contributed by atoms with E-state index in [1.165, 1.54) is 5.57 Å². The summed E-state index contributed by atoms with van der Waals surface area (Å²) in [5, 5.41) is 0. The van der Waals surface area contributed by atoms with Crippen LogP contribution in [-0.2, 0) is 4.65 Å². The van der Waals surface area contributed by atoms with Gasteiger partial charge in [-0.05, 0) is 45.6 Å². The van der Waals surface area contributed by atoms with Gasteiger partial charge in [-0.1, -0.05) is 58.0 Å². The Bertz CT molecular complexity index is 437. The van der Waals surface area contributed by atoms with E-state index in [-0.39, 0.29) is 7.19 Å². The van der Waals surface area contributed by atoms with Gasteiger partial charge in [-0.2, -0.15) is 0 Å². The van der Waals surface area contributed by atoms with Gasteiger partial charge in [0.15, 0.2) is 0 Å². The van der Waals surface area contributed by atoms with E-state index >= 15 is 0 Å². The Morgan fingerprint density at radius 3 is 1.68 bits per heavy atom. The Morgan fingerprint density at radius 2 is 1.32 bits per heavy atom. The van der Waals surface area contributed by atoms with Crippen molar-refractivity contribution in [2.24, 2.45) is 0 Å². The molecule has 0 atom stereocenters. The van der Waals surface area contributed by atoms with Crippen molar-refractivity contribution in [1.82, 2.24) is 9.62 Å². The van der Waals surface area contributed by atoms with Crippen LogP contribution in [0.25, 0.3) is 5.76 Å². The number of benzene rings is 1. The normalized spacial score (nSPS) is 10.9. The third kappa shape index (κ3) is 4.89. The molecule has 0 aliphatic rings. The molecule has 0 amide bonds. The topological polar surface area (TPSA) is 15.7 Å². The van der Waals surface area contributed by atoms with Gasteiger partial charge in [0.1, 0.15) is 5.76 Å². The number of allylic oxidation sites excluding steroid dienone is 1. The van der Waals surface area contributed by atoms with E-state index in [2.05, 4.69) is 75.4 Å². The zero-order chi connectivity index (χ0) is 16.5. The highest BCUT2D eigenvalue weighted by atomic mass is 16.5. The molecule has 1 aromatic rings. The monoisotopic (exact) mass is 302 g/mol. The minimum atomic E-state index is -0.0184. The summed E-state index contributed by atoms with van der Waals surface area (Å²) in [5.74, 6) is 0.990. The van der Waals surface area contributed by atoms with Gasteiger partial charge < -0.3 is 4.65 Å². The fraction of sp³-hybridized carbons (Fsp3) is 0.556. The van der Waals surface area contributed by atoms with Crippen LogP contribution in [0.4, 0.5) is 0 Å². The van der Waals surface area contributed by atoms with Crippen molar-refractivity contribution >= 4 is 12.9 Å². The minimum absolute atomic E-state index is 0.0184. The second-order valence-corrected chi connectivity index (χ2v) is 5.58. The Labute approximate surface area is 137 Å². The molecule has 122 valence electrons. The van der Waals surface area contributed by atoms with Gasteiger partial charge in [0.05, 0.1) is 0 Å². The fourth-order valence-corrected chi connectivity index (χ4v) is 2.62. The van der Waals surface area contributed by atoms with E-state index in [1.807, 2.05) is 6.07 Å². The van der Waals surface area contributed by atoms with Gasteiger partial charge in [0.25, 0.3) is 0 Å². The molecule has 0 spiro atoms. The van der Waals surface area contributed by atoms with E-state index in [0.29, 0.717) is 0 Å². The fourth-order valence-electron chi connectivity index (χ4n) is 2.62. The highest BCUT2D eigenvalue weighted by molar-refractivity contribution is 6.46. The molecular weight excluding hydrogens is 271 g/mol. The smallest absolute Gasteiger partial charge is 0.532 e. The second-order valence-electron chi connectivity index (χ2n) is 5.58. The zero-order valence-electron chi connectivity index (χ0n) is 15.1. The summed E-state index contributed by atoms with van der Waals surface area (Å²) >= 11 is 0. The predicted molar refractivity (Wildman–Crippen MR) is 97.4 cm³/mol. The molecule has 0 fully saturated rings. The van der Waals surface area contributed by atoms with Crippen LogP contribution in [0.15, 0.2) is 35.9 Å². The molecule has 1 rings (SSSR count). The molecule has 0 bridgehead atoms. The zero-order valence-corrected chi connectivity index (χ0v) is 15.1. The van der Waals surface area contributed by atoms with Crippen molar-refractivity contribution < 1.29 is 4.65 Å². The quantitative estimate of drug-likeness (QED) is 0.504. The molecule has 0 heterocycles. The molecule has 0 aliphatic heterocycles. The van der Waals surface area contributed by atoms with E-state index < -0.39 is 0 Å². The lowest BCUT2D eigenvalue weighted by molar-refractivity contribution is 0.283. The molecule has 22 heavy (non-hydrogen) atoms. The Morgan fingerprint density at radius 1 is 0.864 bits per heavy atom. The van der Waals surface area contributed by atoms with Gasteiger partial charge in [-0.3, -0.25) is 9.62 Å².